The highest BCUT2D eigenvalue weighted by molar-refractivity contribution is 7.07. The molecule has 2 heterocycles. The first-order valence-corrected chi connectivity index (χ1v) is 8.14. The molecule has 9 heteroatoms. The third-order valence-corrected chi connectivity index (χ3v) is 4.77. The van der Waals surface area contributed by atoms with Crippen LogP contribution >= 0.6 is 11.5 Å². The number of benzene rings is 1. The highest BCUT2D eigenvalue weighted by Gasteiger charge is 2.31. The number of halogens is 3. The zero-order valence-corrected chi connectivity index (χ0v) is 13.7. The van der Waals surface area contributed by atoms with Crippen LogP contribution in [-0.2, 0) is 6.18 Å². The van der Waals surface area contributed by atoms with E-state index >= 15 is 0 Å². The summed E-state index contributed by atoms with van der Waals surface area (Å²) in [6.45, 7) is 3.60. The number of alkyl halides is 3. The fraction of sp³-hybridized carbons (Fsp3) is 0.400. The SMILES string of the molecule is Cc1nnsc1C(=O)N1CCN(c2cccc(C(F)(F)F)c2)CC1. The van der Waals surface area contributed by atoms with Crippen LogP contribution in [-0.4, -0.2) is 46.6 Å². The van der Waals surface area contributed by atoms with Crippen LogP contribution in [0.25, 0.3) is 0 Å². The van der Waals surface area contributed by atoms with E-state index in [1.807, 2.05) is 4.90 Å². The summed E-state index contributed by atoms with van der Waals surface area (Å²) >= 11 is 1.06. The number of piperazine rings is 1. The van der Waals surface area contributed by atoms with Crippen molar-refractivity contribution >= 4 is 23.1 Å². The third-order valence-electron chi connectivity index (χ3n) is 3.95. The lowest BCUT2D eigenvalue weighted by molar-refractivity contribution is -0.137. The fourth-order valence-electron chi connectivity index (χ4n) is 2.62. The molecule has 0 N–H and O–H groups in total. The van der Waals surface area contributed by atoms with Gasteiger partial charge >= 0.3 is 6.18 Å². The Labute approximate surface area is 140 Å². The van der Waals surface area contributed by atoms with Gasteiger partial charge in [-0.15, -0.1) is 5.10 Å². The lowest BCUT2D eigenvalue weighted by Gasteiger charge is -2.36. The van der Waals surface area contributed by atoms with Crippen molar-refractivity contribution in [2.45, 2.75) is 13.1 Å². The second-order valence-corrected chi connectivity index (χ2v) is 6.27. The number of carbonyl (C=O) groups excluding carboxylic acids is 1. The smallest absolute Gasteiger partial charge is 0.368 e. The second kappa shape index (κ2) is 6.39. The minimum Gasteiger partial charge on any atom is -0.368 e. The van der Waals surface area contributed by atoms with Crippen LogP contribution in [0.15, 0.2) is 24.3 Å². The first-order valence-electron chi connectivity index (χ1n) is 7.36. The molecule has 1 amide bonds. The minimum atomic E-state index is -4.36. The number of nitrogens with zero attached hydrogens (tertiary/aromatic N) is 4. The average Bonchev–Trinajstić information content (AvgIpc) is 3.00. The second-order valence-electron chi connectivity index (χ2n) is 5.51. The van der Waals surface area contributed by atoms with Gasteiger partial charge in [0.1, 0.15) is 4.88 Å². The molecule has 2 aromatic rings. The minimum absolute atomic E-state index is 0.119. The van der Waals surface area contributed by atoms with E-state index in [4.69, 9.17) is 0 Å². The molecule has 0 spiro atoms. The molecule has 1 aliphatic heterocycles. The van der Waals surface area contributed by atoms with Gasteiger partial charge in [0, 0.05) is 31.9 Å². The zero-order valence-electron chi connectivity index (χ0n) is 12.9. The Morgan fingerprint density at radius 2 is 1.92 bits per heavy atom. The molecule has 0 radical (unpaired) electrons. The Balaban J connectivity index is 1.67. The van der Waals surface area contributed by atoms with Crippen LogP contribution in [0.4, 0.5) is 18.9 Å². The zero-order chi connectivity index (χ0) is 17.3. The molecular formula is C15H15F3N4OS. The topological polar surface area (TPSA) is 49.3 Å². The lowest BCUT2D eigenvalue weighted by Crippen LogP contribution is -2.48. The van der Waals surface area contributed by atoms with Gasteiger partial charge in [0.2, 0.25) is 0 Å². The van der Waals surface area contributed by atoms with Crippen molar-refractivity contribution < 1.29 is 18.0 Å². The molecule has 128 valence electrons. The number of anilines is 1. The van der Waals surface area contributed by atoms with Crippen LogP contribution in [0, 0.1) is 6.92 Å². The Bertz CT molecular complexity index is 738. The number of amides is 1. The summed E-state index contributed by atoms with van der Waals surface area (Å²) in [5.74, 6) is -0.119. The summed E-state index contributed by atoms with van der Waals surface area (Å²) in [5, 5.41) is 3.83. The first-order chi connectivity index (χ1) is 11.4. The Morgan fingerprint density at radius 1 is 1.21 bits per heavy atom. The molecule has 1 fully saturated rings. The first kappa shape index (κ1) is 16.7. The van der Waals surface area contributed by atoms with E-state index < -0.39 is 11.7 Å². The summed E-state index contributed by atoms with van der Waals surface area (Å²) in [4.78, 5) is 16.5. The number of aryl methyl sites for hydroxylation is 1. The number of carbonyl (C=O) groups is 1. The molecule has 24 heavy (non-hydrogen) atoms. The van der Waals surface area contributed by atoms with E-state index in [1.165, 1.54) is 6.07 Å². The molecule has 0 aliphatic carbocycles. The van der Waals surface area contributed by atoms with Crippen molar-refractivity contribution in [3.05, 3.63) is 40.4 Å². The molecule has 0 atom stereocenters. The maximum absolute atomic E-state index is 12.8. The van der Waals surface area contributed by atoms with Gasteiger partial charge in [-0.1, -0.05) is 10.6 Å². The van der Waals surface area contributed by atoms with E-state index in [9.17, 15) is 18.0 Å². The van der Waals surface area contributed by atoms with Crippen LogP contribution in [0.5, 0.6) is 0 Å². The van der Waals surface area contributed by atoms with Gasteiger partial charge in [-0.3, -0.25) is 4.79 Å². The quantitative estimate of drug-likeness (QED) is 0.830. The normalized spacial score (nSPS) is 15.7. The fourth-order valence-corrected chi connectivity index (χ4v) is 3.24. The van der Waals surface area contributed by atoms with Crippen LogP contribution in [0.3, 0.4) is 0 Å². The van der Waals surface area contributed by atoms with Crippen molar-refractivity contribution in [2.75, 3.05) is 31.1 Å². The van der Waals surface area contributed by atoms with Gasteiger partial charge in [-0.2, -0.15) is 13.2 Å². The van der Waals surface area contributed by atoms with E-state index in [2.05, 4.69) is 9.59 Å². The van der Waals surface area contributed by atoms with Gasteiger partial charge in [0.25, 0.3) is 5.91 Å². The van der Waals surface area contributed by atoms with Gasteiger partial charge in [-0.25, -0.2) is 0 Å². The molecule has 0 bridgehead atoms. The Hall–Kier alpha value is -2.16. The van der Waals surface area contributed by atoms with Gasteiger partial charge in [0.15, 0.2) is 0 Å². The van der Waals surface area contributed by atoms with E-state index in [-0.39, 0.29) is 5.91 Å². The molecule has 5 nitrogen and oxygen atoms in total. The number of hydrogen-bond donors (Lipinski definition) is 0. The lowest BCUT2D eigenvalue weighted by atomic mass is 10.1. The molecular weight excluding hydrogens is 341 g/mol. The highest BCUT2D eigenvalue weighted by Crippen LogP contribution is 2.32. The summed E-state index contributed by atoms with van der Waals surface area (Å²) in [5.41, 5.74) is 0.461. The summed E-state index contributed by atoms with van der Waals surface area (Å²) in [7, 11) is 0. The van der Waals surface area contributed by atoms with Crippen LogP contribution in [0.1, 0.15) is 20.9 Å². The van der Waals surface area contributed by atoms with E-state index in [1.54, 1.807) is 17.9 Å². The Kier molecular flexibility index (Phi) is 4.44. The van der Waals surface area contributed by atoms with Crippen molar-refractivity contribution in [1.82, 2.24) is 14.5 Å². The van der Waals surface area contributed by atoms with Crippen molar-refractivity contribution in [2.24, 2.45) is 0 Å². The monoisotopic (exact) mass is 356 g/mol. The summed E-state index contributed by atoms with van der Waals surface area (Å²) in [6.07, 6.45) is -4.36. The molecule has 1 aromatic heterocycles. The molecule has 0 saturated carbocycles. The maximum Gasteiger partial charge on any atom is 0.416 e. The predicted molar refractivity (Wildman–Crippen MR) is 84.2 cm³/mol. The number of aromatic nitrogens is 2. The molecule has 1 aromatic carbocycles. The average molecular weight is 356 g/mol. The van der Waals surface area contributed by atoms with Crippen molar-refractivity contribution in [3.63, 3.8) is 0 Å². The summed E-state index contributed by atoms with van der Waals surface area (Å²) in [6, 6.07) is 5.27. The summed E-state index contributed by atoms with van der Waals surface area (Å²) < 4.78 is 42.2. The largest absolute Gasteiger partial charge is 0.416 e. The van der Waals surface area contributed by atoms with Crippen molar-refractivity contribution in [3.8, 4) is 0 Å². The number of rotatable bonds is 2. The standard InChI is InChI=1S/C15H15F3N4OS/c1-10-13(24-20-19-10)14(23)22-7-5-21(6-8-22)12-4-2-3-11(9-12)15(16,17)18/h2-4,9H,5-8H2,1H3. The third kappa shape index (κ3) is 3.35. The van der Waals surface area contributed by atoms with Gasteiger partial charge < -0.3 is 9.80 Å². The highest BCUT2D eigenvalue weighted by atomic mass is 32.1. The van der Waals surface area contributed by atoms with E-state index in [0.29, 0.717) is 42.4 Å². The molecule has 3 rings (SSSR count). The van der Waals surface area contributed by atoms with Crippen molar-refractivity contribution in [1.29, 1.82) is 0 Å². The predicted octanol–water partition coefficient (Wildman–Crippen LogP) is 2.83. The Morgan fingerprint density at radius 3 is 2.50 bits per heavy atom. The van der Waals surface area contributed by atoms with Crippen LogP contribution in [0.2, 0.25) is 0 Å². The molecule has 0 unspecified atom stereocenters. The maximum atomic E-state index is 12.8. The van der Waals surface area contributed by atoms with E-state index in [0.717, 1.165) is 23.7 Å². The molecule has 1 saturated heterocycles. The van der Waals surface area contributed by atoms with Crippen LogP contribution < -0.4 is 4.90 Å². The van der Waals surface area contributed by atoms with Gasteiger partial charge in [0.05, 0.1) is 11.3 Å². The molecule has 1 aliphatic rings. The number of hydrogen-bond acceptors (Lipinski definition) is 5. The van der Waals surface area contributed by atoms with Gasteiger partial charge in [-0.05, 0) is 36.7 Å².